The number of anilines is 1. The number of carbonyl (C=O) groups is 7. The summed E-state index contributed by atoms with van der Waals surface area (Å²) >= 11 is 6.26. The average Bonchev–Trinajstić information content (AvgIpc) is 4.09. The van der Waals surface area contributed by atoms with E-state index in [1.807, 2.05) is 4.57 Å². The predicted molar refractivity (Wildman–Crippen MR) is 240 cm³/mol. The van der Waals surface area contributed by atoms with Gasteiger partial charge in [-0.15, -0.1) is 5.10 Å². The molecule has 0 bridgehead atoms. The van der Waals surface area contributed by atoms with Crippen LogP contribution in [0.5, 0.6) is 17.6 Å². The summed E-state index contributed by atoms with van der Waals surface area (Å²) in [4.78, 5) is 117. The van der Waals surface area contributed by atoms with Gasteiger partial charge in [0.1, 0.15) is 29.0 Å². The zero-order valence-corrected chi connectivity index (χ0v) is 38.4. The molecule has 1 atom stereocenters. The topological polar surface area (TPSA) is 286 Å². The number of hydrogen-bond acceptors (Lipinski definition) is 16. The molecule has 1 aromatic carbocycles. The quantitative estimate of drug-likeness (QED) is 0.0733. The van der Waals surface area contributed by atoms with Crippen LogP contribution in [-0.2, 0) is 52.4 Å². The van der Waals surface area contributed by atoms with Gasteiger partial charge in [-0.1, -0.05) is 23.2 Å². The van der Waals surface area contributed by atoms with Crippen molar-refractivity contribution >= 4 is 58.6 Å². The van der Waals surface area contributed by atoms with E-state index < -0.39 is 47.0 Å². The zero-order valence-electron chi connectivity index (χ0n) is 37.7. The van der Waals surface area contributed by atoms with E-state index in [1.54, 1.807) is 17.9 Å². The summed E-state index contributed by atoms with van der Waals surface area (Å²) in [5.74, 6) is -2.76. The first-order chi connectivity index (χ1) is 33.2. The molecule has 0 spiro atoms. The lowest BCUT2D eigenvalue weighted by Gasteiger charge is -2.27. The number of aromatic nitrogens is 8. The van der Waals surface area contributed by atoms with Crippen LogP contribution in [0.2, 0.25) is 5.02 Å². The highest BCUT2D eigenvalue weighted by molar-refractivity contribution is 6.30. The molecule has 1 unspecified atom stereocenters. The van der Waals surface area contributed by atoms with Crippen LogP contribution in [0.25, 0.3) is 11.4 Å². The number of aryl methyl sites for hydroxylation is 2. The molecule has 0 aliphatic carbocycles. The number of halogens is 1. The summed E-state index contributed by atoms with van der Waals surface area (Å²) in [5.41, 5.74) is 1.59. The van der Waals surface area contributed by atoms with Crippen molar-refractivity contribution in [2.45, 2.75) is 77.2 Å². The van der Waals surface area contributed by atoms with Crippen LogP contribution in [0.15, 0.2) is 47.7 Å². The van der Waals surface area contributed by atoms with Crippen LogP contribution in [0, 0.1) is 0 Å². The minimum Gasteiger partial charge on any atom is -0.484 e. The molecule has 25 heteroatoms. The Kier molecular flexibility index (Phi) is 14.1. The SMILES string of the molecule is COc1ncc(-c2nc3c(n2CCCn2cc(CNC(=O)CCCCCNC(=O)COc4ccc5c(c4)C(=O)N(C4CCC(=O)NC4=O)C5=O)nn2)CN(c2cc(Cl)cn(C)c2=O)C3=O)c(OC)n1. The first-order valence-corrected chi connectivity index (χ1v) is 22.3. The average molecular weight is 968 g/mol. The second-order valence-electron chi connectivity index (χ2n) is 16.2. The van der Waals surface area contributed by atoms with E-state index in [9.17, 15) is 38.4 Å². The highest BCUT2D eigenvalue weighted by atomic mass is 35.5. The molecule has 1 fully saturated rings. The van der Waals surface area contributed by atoms with Crippen LogP contribution < -0.4 is 40.6 Å². The highest BCUT2D eigenvalue weighted by Gasteiger charge is 2.45. The van der Waals surface area contributed by atoms with E-state index in [2.05, 4.69) is 36.2 Å². The van der Waals surface area contributed by atoms with Crippen LogP contribution in [0.4, 0.5) is 5.69 Å². The van der Waals surface area contributed by atoms with Crippen molar-refractivity contribution in [1.82, 2.24) is 59.9 Å². The normalized spacial score (nSPS) is 15.3. The van der Waals surface area contributed by atoms with Gasteiger partial charge in [-0.2, -0.15) is 4.98 Å². The van der Waals surface area contributed by atoms with Gasteiger partial charge in [0, 0.05) is 51.9 Å². The highest BCUT2D eigenvalue weighted by Crippen LogP contribution is 2.35. The molecule has 360 valence electrons. The number of nitrogens with one attached hydrogen (secondary N) is 3. The Morgan fingerprint density at radius 3 is 2.48 bits per heavy atom. The van der Waals surface area contributed by atoms with Crippen LogP contribution in [0.1, 0.15) is 87.5 Å². The van der Waals surface area contributed by atoms with Crippen molar-refractivity contribution in [3.8, 4) is 29.0 Å². The van der Waals surface area contributed by atoms with Crippen molar-refractivity contribution in [2.75, 3.05) is 32.3 Å². The predicted octanol–water partition coefficient (Wildman–Crippen LogP) is 1.32. The molecule has 1 saturated heterocycles. The van der Waals surface area contributed by atoms with Gasteiger partial charge in [0.15, 0.2) is 12.3 Å². The summed E-state index contributed by atoms with van der Waals surface area (Å²) in [6.07, 6.45) is 7.38. The minimum atomic E-state index is -1.09. The molecule has 24 nitrogen and oxygen atoms in total. The van der Waals surface area contributed by atoms with E-state index in [-0.39, 0.29) is 85.0 Å². The number of hydrogen-bond donors (Lipinski definition) is 3. The van der Waals surface area contributed by atoms with E-state index in [0.717, 1.165) is 4.90 Å². The van der Waals surface area contributed by atoms with Crippen molar-refractivity contribution in [2.24, 2.45) is 7.05 Å². The first-order valence-electron chi connectivity index (χ1n) is 21.9. The zero-order chi connectivity index (χ0) is 48.9. The van der Waals surface area contributed by atoms with Crippen LogP contribution in [-0.4, -0.2) is 119 Å². The molecule has 5 aromatic rings. The van der Waals surface area contributed by atoms with Gasteiger partial charge in [-0.05, 0) is 49.9 Å². The van der Waals surface area contributed by atoms with Crippen molar-refractivity contribution in [3.05, 3.63) is 86.4 Å². The number of benzene rings is 1. The molecule has 69 heavy (non-hydrogen) atoms. The maximum Gasteiger partial charge on any atom is 0.319 e. The number of pyridine rings is 1. The number of fused-ring (bicyclic) bond motifs is 2. The number of unbranched alkanes of at least 4 members (excludes halogenated alkanes) is 2. The second kappa shape index (κ2) is 20.5. The summed E-state index contributed by atoms with van der Waals surface area (Å²) in [7, 11) is 4.43. The number of imidazole rings is 1. The van der Waals surface area contributed by atoms with Gasteiger partial charge >= 0.3 is 6.01 Å². The van der Waals surface area contributed by atoms with Crippen LogP contribution in [0.3, 0.4) is 0 Å². The van der Waals surface area contributed by atoms with Gasteiger partial charge in [0.25, 0.3) is 29.2 Å². The number of rotatable bonds is 20. The van der Waals surface area contributed by atoms with E-state index >= 15 is 0 Å². The molecule has 4 aromatic heterocycles. The Balaban J connectivity index is 0.763. The van der Waals surface area contributed by atoms with Crippen LogP contribution >= 0.6 is 11.6 Å². The summed E-state index contributed by atoms with van der Waals surface area (Å²) in [5, 5.41) is 16.5. The van der Waals surface area contributed by atoms with Gasteiger partial charge in [-0.25, -0.2) is 9.97 Å². The number of ether oxygens (including phenoxy) is 3. The Hall–Kier alpha value is -8.02. The molecule has 0 radical (unpaired) electrons. The molecule has 7 amide bonds. The molecular formula is C44H46ClN13O11. The number of imide groups is 2. The van der Waals surface area contributed by atoms with E-state index in [0.29, 0.717) is 73.1 Å². The molecule has 3 aliphatic rings. The van der Waals surface area contributed by atoms with Gasteiger partial charge in [-0.3, -0.25) is 58.2 Å². The number of nitrogens with zero attached hydrogens (tertiary/aromatic N) is 10. The molecule has 3 N–H and O–H groups in total. The molecule has 0 saturated carbocycles. The summed E-state index contributed by atoms with van der Waals surface area (Å²) < 4.78 is 21.1. The first kappa shape index (κ1) is 47.5. The largest absolute Gasteiger partial charge is 0.484 e. The minimum absolute atomic E-state index is 0.00774. The van der Waals surface area contributed by atoms with Crippen molar-refractivity contribution in [3.63, 3.8) is 0 Å². The van der Waals surface area contributed by atoms with Gasteiger partial charge in [0.05, 0.1) is 60.9 Å². The van der Waals surface area contributed by atoms with E-state index in [1.165, 1.54) is 60.3 Å². The number of piperidine rings is 1. The third-order valence-corrected chi connectivity index (χ3v) is 11.8. The Labute approximate surface area is 397 Å². The third-order valence-electron chi connectivity index (χ3n) is 11.6. The molecule has 8 rings (SSSR count). The lowest BCUT2D eigenvalue weighted by atomic mass is 10.0. The lowest BCUT2D eigenvalue weighted by molar-refractivity contribution is -0.136. The molecule has 3 aliphatic heterocycles. The van der Waals surface area contributed by atoms with Gasteiger partial charge < -0.3 is 34.0 Å². The summed E-state index contributed by atoms with van der Waals surface area (Å²) in [6.45, 7) is 1.01. The lowest BCUT2D eigenvalue weighted by Crippen LogP contribution is -2.54. The smallest absolute Gasteiger partial charge is 0.319 e. The monoisotopic (exact) mass is 967 g/mol. The standard InChI is InChI=1S/C44H46ClN13O11/c1-54-20-24(45)16-31(42(54)65)57-22-32-36(43(57)66)50-37(29-19-48-44(68-3)51-39(29)67-2)56(32)15-7-14-55-21-25(52-53-55)18-47-33(59)8-5-4-6-13-46-35(61)23-69-26-9-10-27-28(17-26)41(64)58(40(27)63)30-11-12-34(60)49-38(30)62/h9-10,16-17,19-21,30H,4-8,11-15,18,22-23H2,1-3H3,(H,46,61)(H,47,59)(H,49,60,62). The maximum atomic E-state index is 13.8. The Morgan fingerprint density at radius 2 is 1.70 bits per heavy atom. The second-order valence-corrected chi connectivity index (χ2v) is 16.7. The molecular weight excluding hydrogens is 922 g/mol. The number of methoxy groups -OCH3 is 2. The van der Waals surface area contributed by atoms with Gasteiger partial charge in [0.2, 0.25) is 23.6 Å². The fourth-order valence-electron chi connectivity index (χ4n) is 8.17. The van der Waals surface area contributed by atoms with Crippen molar-refractivity contribution < 1.29 is 47.8 Å². The maximum absolute atomic E-state index is 13.8. The third kappa shape index (κ3) is 10.1. The fourth-order valence-corrected chi connectivity index (χ4v) is 8.42. The number of carbonyl (C=O) groups excluding carboxylic acids is 7. The molecule has 7 heterocycles. The Bertz CT molecular complexity index is 2950. The Morgan fingerprint density at radius 1 is 0.884 bits per heavy atom. The van der Waals surface area contributed by atoms with Crippen molar-refractivity contribution in [1.29, 1.82) is 0 Å². The number of amides is 7. The fraction of sp³-hybridized carbons (Fsp3) is 0.386. The summed E-state index contributed by atoms with van der Waals surface area (Å²) in [6, 6.07) is 4.66. The van der Waals surface area contributed by atoms with E-state index in [4.69, 9.17) is 30.8 Å².